The summed E-state index contributed by atoms with van der Waals surface area (Å²) in [6.07, 6.45) is -0.557. The van der Waals surface area contributed by atoms with Crippen LogP contribution in [0.3, 0.4) is 0 Å². The van der Waals surface area contributed by atoms with Crippen molar-refractivity contribution in [2.24, 2.45) is 10.8 Å². The Morgan fingerprint density at radius 3 is 2.10 bits per heavy atom. The third-order valence-electron chi connectivity index (χ3n) is 3.70. The quantitative estimate of drug-likeness (QED) is 0.696. The molecule has 5 nitrogen and oxygen atoms in total. The highest BCUT2D eigenvalue weighted by atomic mass is 16.3. The van der Waals surface area contributed by atoms with Gasteiger partial charge in [-0.05, 0) is 31.8 Å². The molecule has 0 heterocycles. The highest BCUT2D eigenvalue weighted by molar-refractivity contribution is 5.74. The van der Waals surface area contributed by atoms with Gasteiger partial charge in [0.1, 0.15) is 0 Å². The number of carbonyl (C=O) groups is 1. The molecule has 0 bridgehead atoms. The predicted octanol–water partition coefficient (Wildman–Crippen LogP) is 1.67. The van der Waals surface area contributed by atoms with Crippen LogP contribution >= 0.6 is 0 Å². The summed E-state index contributed by atoms with van der Waals surface area (Å²) >= 11 is 0. The minimum absolute atomic E-state index is 0.0243. The molecule has 0 aliphatic carbocycles. The van der Waals surface area contributed by atoms with Crippen molar-refractivity contribution in [1.29, 1.82) is 0 Å². The molecular formula is C15H33N3O2. The van der Waals surface area contributed by atoms with E-state index in [9.17, 15) is 9.90 Å². The van der Waals surface area contributed by atoms with E-state index in [1.54, 1.807) is 0 Å². The van der Waals surface area contributed by atoms with Gasteiger partial charge in [-0.3, -0.25) is 0 Å². The van der Waals surface area contributed by atoms with Gasteiger partial charge in [-0.1, -0.05) is 34.6 Å². The third-order valence-corrected chi connectivity index (χ3v) is 3.70. The first-order valence-corrected chi connectivity index (χ1v) is 7.23. The first-order chi connectivity index (χ1) is 8.86. The van der Waals surface area contributed by atoms with Crippen molar-refractivity contribution in [1.82, 2.24) is 15.5 Å². The monoisotopic (exact) mass is 287 g/mol. The maximum absolute atomic E-state index is 11.9. The lowest BCUT2D eigenvalue weighted by molar-refractivity contribution is 0.0646. The van der Waals surface area contributed by atoms with Crippen LogP contribution in [0.4, 0.5) is 4.79 Å². The van der Waals surface area contributed by atoms with Crippen LogP contribution in [0, 0.1) is 10.8 Å². The number of amides is 2. The van der Waals surface area contributed by atoms with Gasteiger partial charge in [0.05, 0.1) is 6.10 Å². The van der Waals surface area contributed by atoms with Crippen molar-refractivity contribution >= 4 is 6.03 Å². The maximum atomic E-state index is 11.9. The molecule has 2 atom stereocenters. The SMILES string of the molecule is CC(NC(=O)NCC(O)C(C)(C)C)C(C)(C)CN(C)C. The van der Waals surface area contributed by atoms with Crippen molar-refractivity contribution in [3.8, 4) is 0 Å². The Bertz CT molecular complexity index is 309. The second-order valence-corrected chi connectivity index (χ2v) is 7.68. The van der Waals surface area contributed by atoms with E-state index in [4.69, 9.17) is 0 Å². The third kappa shape index (κ3) is 7.10. The average molecular weight is 287 g/mol. The lowest BCUT2D eigenvalue weighted by atomic mass is 9.85. The van der Waals surface area contributed by atoms with Gasteiger partial charge in [-0.15, -0.1) is 0 Å². The fraction of sp³-hybridized carbons (Fsp3) is 0.933. The Balaban J connectivity index is 4.27. The minimum Gasteiger partial charge on any atom is -0.391 e. The van der Waals surface area contributed by atoms with Crippen LogP contribution in [0.2, 0.25) is 0 Å². The Morgan fingerprint density at radius 2 is 1.70 bits per heavy atom. The van der Waals surface area contributed by atoms with Gasteiger partial charge in [-0.2, -0.15) is 0 Å². The number of aliphatic hydroxyl groups excluding tert-OH is 1. The molecule has 120 valence electrons. The zero-order chi connectivity index (χ0) is 16.1. The average Bonchev–Trinajstić information content (AvgIpc) is 2.22. The molecule has 0 spiro atoms. The van der Waals surface area contributed by atoms with Crippen LogP contribution in [-0.4, -0.2) is 55.4 Å². The lowest BCUT2D eigenvalue weighted by Crippen LogP contribution is -2.52. The first-order valence-electron chi connectivity index (χ1n) is 7.23. The molecule has 0 fully saturated rings. The lowest BCUT2D eigenvalue weighted by Gasteiger charge is -2.35. The van der Waals surface area contributed by atoms with Crippen molar-refractivity contribution in [2.45, 2.75) is 53.7 Å². The summed E-state index contributed by atoms with van der Waals surface area (Å²) < 4.78 is 0. The van der Waals surface area contributed by atoms with E-state index < -0.39 is 6.10 Å². The molecule has 0 radical (unpaired) electrons. The zero-order valence-electron chi connectivity index (χ0n) is 14.4. The summed E-state index contributed by atoms with van der Waals surface area (Å²) in [6.45, 7) is 13.2. The zero-order valence-corrected chi connectivity index (χ0v) is 14.4. The van der Waals surface area contributed by atoms with Gasteiger partial charge in [0.25, 0.3) is 0 Å². The summed E-state index contributed by atoms with van der Waals surface area (Å²) in [7, 11) is 4.04. The van der Waals surface area contributed by atoms with Crippen LogP contribution in [0.5, 0.6) is 0 Å². The first kappa shape index (κ1) is 19.2. The van der Waals surface area contributed by atoms with Gasteiger partial charge >= 0.3 is 6.03 Å². The number of carbonyl (C=O) groups excluding carboxylic acids is 1. The number of nitrogens with one attached hydrogen (secondary N) is 2. The molecular weight excluding hydrogens is 254 g/mol. The van der Waals surface area contributed by atoms with E-state index in [1.807, 2.05) is 41.8 Å². The fourth-order valence-electron chi connectivity index (χ4n) is 1.89. The normalized spacial score (nSPS) is 15.9. The predicted molar refractivity (Wildman–Crippen MR) is 83.8 cm³/mol. The van der Waals surface area contributed by atoms with Crippen LogP contribution < -0.4 is 10.6 Å². The number of hydrogen-bond donors (Lipinski definition) is 3. The Hall–Kier alpha value is -0.810. The molecule has 20 heavy (non-hydrogen) atoms. The van der Waals surface area contributed by atoms with Crippen LogP contribution in [0.25, 0.3) is 0 Å². The highest BCUT2D eigenvalue weighted by Gasteiger charge is 2.28. The van der Waals surface area contributed by atoms with E-state index in [1.165, 1.54) is 0 Å². The van der Waals surface area contributed by atoms with Gasteiger partial charge in [0.15, 0.2) is 0 Å². The van der Waals surface area contributed by atoms with Crippen LogP contribution in [-0.2, 0) is 0 Å². The van der Waals surface area contributed by atoms with Gasteiger partial charge in [0.2, 0.25) is 0 Å². The number of urea groups is 1. The number of aliphatic hydroxyl groups is 1. The Labute approximate surface area is 124 Å². The van der Waals surface area contributed by atoms with Crippen LogP contribution in [0.15, 0.2) is 0 Å². The standard InChI is InChI=1S/C15H33N3O2/c1-11(15(5,6)10-18(7)8)17-13(20)16-9-12(19)14(2,3)4/h11-12,19H,9-10H2,1-8H3,(H2,16,17,20). The molecule has 0 aromatic heterocycles. The largest absolute Gasteiger partial charge is 0.391 e. The van der Waals surface area contributed by atoms with Gasteiger partial charge in [0, 0.05) is 19.1 Å². The molecule has 0 saturated carbocycles. The van der Waals surface area contributed by atoms with Crippen molar-refractivity contribution in [2.75, 3.05) is 27.2 Å². The molecule has 2 unspecified atom stereocenters. The van der Waals surface area contributed by atoms with Crippen molar-refractivity contribution in [3.05, 3.63) is 0 Å². The highest BCUT2D eigenvalue weighted by Crippen LogP contribution is 2.21. The molecule has 0 aliphatic rings. The molecule has 3 N–H and O–H groups in total. The Kier molecular flexibility index (Phi) is 6.98. The maximum Gasteiger partial charge on any atom is 0.315 e. The summed E-state index contributed by atoms with van der Waals surface area (Å²) in [5.74, 6) is 0. The Morgan fingerprint density at radius 1 is 1.20 bits per heavy atom. The minimum atomic E-state index is -0.557. The summed E-state index contributed by atoms with van der Waals surface area (Å²) in [5, 5.41) is 15.6. The molecule has 5 heteroatoms. The van der Waals surface area contributed by atoms with E-state index >= 15 is 0 Å². The van der Waals surface area contributed by atoms with Crippen LogP contribution in [0.1, 0.15) is 41.5 Å². The number of hydrogen-bond acceptors (Lipinski definition) is 3. The molecule has 2 amide bonds. The van der Waals surface area contributed by atoms with E-state index in [-0.39, 0.29) is 29.4 Å². The topological polar surface area (TPSA) is 64.6 Å². The van der Waals surface area contributed by atoms with E-state index in [0.29, 0.717) is 0 Å². The number of rotatable bonds is 6. The molecule has 0 aromatic carbocycles. The second kappa shape index (κ2) is 7.27. The molecule has 0 saturated heterocycles. The smallest absolute Gasteiger partial charge is 0.315 e. The summed E-state index contributed by atoms with van der Waals surface area (Å²) in [6, 6.07) is -0.190. The summed E-state index contributed by atoms with van der Waals surface area (Å²) in [4.78, 5) is 14.0. The van der Waals surface area contributed by atoms with Gasteiger partial charge in [-0.25, -0.2) is 4.79 Å². The molecule has 0 aliphatic heterocycles. The second-order valence-electron chi connectivity index (χ2n) is 7.68. The summed E-state index contributed by atoms with van der Waals surface area (Å²) in [5.41, 5.74) is -0.257. The van der Waals surface area contributed by atoms with Crippen molar-refractivity contribution < 1.29 is 9.90 Å². The van der Waals surface area contributed by atoms with Gasteiger partial charge < -0.3 is 20.6 Å². The van der Waals surface area contributed by atoms with E-state index in [2.05, 4.69) is 29.4 Å². The molecule has 0 aromatic rings. The van der Waals surface area contributed by atoms with E-state index in [0.717, 1.165) is 6.54 Å². The number of nitrogens with zero attached hydrogens (tertiary/aromatic N) is 1. The van der Waals surface area contributed by atoms with Crippen molar-refractivity contribution in [3.63, 3.8) is 0 Å². The molecule has 0 rings (SSSR count). The fourth-order valence-corrected chi connectivity index (χ4v) is 1.89.